The standard InChI is InChI=1S/C30H24F2N4O2S.H2O.2H2/c1-19-5-2-3-7-28(19)39(38)36-30(37)35-27(15-20-13-24(31)17-25(32)14-20)29-26(6-4-11-34-29)22-9-8-21-10-12-33-18-23(21)16-22;;;/h2-14,16-18,27H,15H2,1H3,(H2,35,36,37);1H2;2*1H/t27-,39?;;;/m0.../s1. The first-order valence-electron chi connectivity index (χ1n) is 12.2. The Morgan fingerprint density at radius 2 is 1.73 bits per heavy atom. The van der Waals surface area contributed by atoms with Crippen LogP contribution in [0.15, 0.2) is 102 Å². The number of halogens is 2. The van der Waals surface area contributed by atoms with Crippen LogP contribution in [0.4, 0.5) is 13.6 Å². The number of nitrogens with one attached hydrogen (secondary N) is 2. The summed E-state index contributed by atoms with van der Waals surface area (Å²) in [7, 11) is -1.82. The topological polar surface area (TPSA) is 115 Å². The van der Waals surface area contributed by atoms with Crippen LogP contribution in [0.25, 0.3) is 21.9 Å². The lowest BCUT2D eigenvalue weighted by Crippen LogP contribution is -2.40. The molecule has 5 rings (SSSR count). The highest BCUT2D eigenvalue weighted by atomic mass is 32.2. The summed E-state index contributed by atoms with van der Waals surface area (Å²) in [6.07, 6.45) is 5.10. The fourth-order valence-corrected chi connectivity index (χ4v) is 5.36. The Kier molecular flexibility index (Phi) is 8.93. The number of aryl methyl sites for hydroxylation is 1. The van der Waals surface area contributed by atoms with Crippen LogP contribution in [0.3, 0.4) is 0 Å². The molecule has 2 amide bonds. The predicted octanol–water partition coefficient (Wildman–Crippen LogP) is 5.86. The highest BCUT2D eigenvalue weighted by Crippen LogP contribution is 2.31. The Morgan fingerprint density at radius 3 is 2.50 bits per heavy atom. The van der Waals surface area contributed by atoms with E-state index in [4.69, 9.17) is 0 Å². The van der Waals surface area contributed by atoms with E-state index in [0.717, 1.165) is 33.5 Å². The van der Waals surface area contributed by atoms with Gasteiger partial charge in [-0.1, -0.05) is 36.4 Å². The van der Waals surface area contributed by atoms with E-state index in [1.807, 2.05) is 36.4 Å². The first kappa shape index (κ1) is 28.5. The molecule has 0 aliphatic carbocycles. The third-order valence-electron chi connectivity index (χ3n) is 6.27. The fraction of sp³-hybridized carbons (Fsp3) is 0.100. The molecule has 2 heterocycles. The number of hydrogen-bond acceptors (Lipinski definition) is 4. The summed E-state index contributed by atoms with van der Waals surface area (Å²) < 4.78 is 43.4. The van der Waals surface area contributed by atoms with E-state index in [1.54, 1.807) is 49.8 Å². The highest BCUT2D eigenvalue weighted by molar-refractivity contribution is 7.83. The molecule has 0 bridgehead atoms. The van der Waals surface area contributed by atoms with Crippen LogP contribution >= 0.6 is 0 Å². The molecule has 0 saturated carbocycles. The van der Waals surface area contributed by atoms with Gasteiger partial charge in [-0.2, -0.15) is 0 Å². The molecule has 4 N–H and O–H groups in total. The van der Waals surface area contributed by atoms with Crippen molar-refractivity contribution >= 4 is 27.8 Å². The van der Waals surface area contributed by atoms with Crippen molar-refractivity contribution < 1.29 is 26.1 Å². The molecule has 40 heavy (non-hydrogen) atoms. The van der Waals surface area contributed by atoms with Gasteiger partial charge in [-0.05, 0) is 71.8 Å². The third kappa shape index (κ3) is 6.53. The number of aromatic nitrogens is 2. The summed E-state index contributed by atoms with van der Waals surface area (Å²) in [5, 5.41) is 4.77. The molecule has 0 aliphatic rings. The summed E-state index contributed by atoms with van der Waals surface area (Å²) in [5.41, 5.74) is 3.14. The molecule has 10 heteroatoms. The quantitative estimate of drug-likeness (QED) is 0.258. The van der Waals surface area contributed by atoms with Gasteiger partial charge in [-0.25, -0.2) is 17.8 Å². The molecule has 2 aromatic heterocycles. The highest BCUT2D eigenvalue weighted by Gasteiger charge is 2.23. The zero-order valence-corrected chi connectivity index (χ0v) is 22.2. The van der Waals surface area contributed by atoms with Crippen molar-refractivity contribution in [1.82, 2.24) is 20.0 Å². The van der Waals surface area contributed by atoms with Crippen LogP contribution in [0.2, 0.25) is 0 Å². The minimum absolute atomic E-state index is 0. The van der Waals surface area contributed by atoms with Crippen LogP contribution in [-0.2, 0) is 17.4 Å². The Morgan fingerprint density at radius 1 is 0.950 bits per heavy atom. The molecule has 1 unspecified atom stereocenters. The minimum atomic E-state index is -1.82. The molecule has 0 aliphatic heterocycles. The summed E-state index contributed by atoms with van der Waals surface area (Å²) in [6.45, 7) is 1.80. The third-order valence-corrected chi connectivity index (χ3v) is 7.49. The van der Waals surface area contributed by atoms with Gasteiger partial charge in [-0.3, -0.25) is 14.7 Å². The second-order valence-corrected chi connectivity index (χ2v) is 10.2. The number of benzene rings is 3. The molecular weight excluding hydrogens is 534 g/mol. The number of carbonyl (C=O) groups excluding carboxylic acids is 1. The summed E-state index contributed by atoms with van der Waals surface area (Å²) >= 11 is 0. The van der Waals surface area contributed by atoms with Crippen LogP contribution in [0.5, 0.6) is 0 Å². The van der Waals surface area contributed by atoms with Gasteiger partial charge in [0.1, 0.15) is 11.6 Å². The minimum Gasteiger partial charge on any atom is -0.412 e. The zero-order chi connectivity index (χ0) is 27.4. The van der Waals surface area contributed by atoms with E-state index in [2.05, 4.69) is 20.0 Å². The van der Waals surface area contributed by atoms with Gasteiger partial charge in [-0.15, -0.1) is 0 Å². The van der Waals surface area contributed by atoms with Crippen molar-refractivity contribution in [2.75, 3.05) is 0 Å². The normalized spacial score (nSPS) is 12.3. The van der Waals surface area contributed by atoms with Crippen molar-refractivity contribution in [2.24, 2.45) is 0 Å². The number of rotatable bonds is 7. The molecule has 2 atom stereocenters. The smallest absolute Gasteiger partial charge is 0.327 e. The summed E-state index contributed by atoms with van der Waals surface area (Å²) in [5.74, 6) is -1.45. The zero-order valence-electron chi connectivity index (χ0n) is 21.4. The van der Waals surface area contributed by atoms with Gasteiger partial charge in [0, 0.05) is 38.5 Å². The fourth-order valence-electron chi connectivity index (χ4n) is 4.46. The van der Waals surface area contributed by atoms with Crippen molar-refractivity contribution in [3.63, 3.8) is 0 Å². The van der Waals surface area contributed by atoms with Gasteiger partial charge < -0.3 is 10.8 Å². The molecule has 7 nitrogen and oxygen atoms in total. The maximum Gasteiger partial charge on any atom is 0.327 e. The number of fused-ring (bicyclic) bond motifs is 1. The summed E-state index contributed by atoms with van der Waals surface area (Å²) in [4.78, 5) is 22.3. The van der Waals surface area contributed by atoms with E-state index in [1.165, 1.54) is 12.1 Å². The Hall–Kier alpha value is -4.54. The average molecular weight is 565 g/mol. The van der Waals surface area contributed by atoms with Crippen LogP contribution in [0, 0.1) is 18.6 Å². The molecule has 3 aromatic carbocycles. The lowest BCUT2D eigenvalue weighted by atomic mass is 9.94. The lowest BCUT2D eigenvalue weighted by molar-refractivity contribution is 0.242. The SMILES string of the molecule is Cc1ccccc1S(=O)NC(=O)N[C@@H](Cc1cc(F)cc(F)c1)c1ncccc1-c1ccc2ccncc2c1.O.[HH].[HH]. The Labute approximate surface area is 235 Å². The molecule has 208 valence electrons. The number of hydrogen-bond donors (Lipinski definition) is 2. The van der Waals surface area contributed by atoms with E-state index >= 15 is 0 Å². The predicted molar refractivity (Wildman–Crippen MR) is 155 cm³/mol. The monoisotopic (exact) mass is 564 g/mol. The first-order chi connectivity index (χ1) is 18.9. The van der Waals surface area contributed by atoms with Gasteiger partial charge in [0.25, 0.3) is 0 Å². The number of urea groups is 1. The molecule has 0 spiro atoms. The van der Waals surface area contributed by atoms with E-state index in [-0.39, 0.29) is 14.8 Å². The summed E-state index contributed by atoms with van der Waals surface area (Å²) in [6, 6.07) is 20.1. The van der Waals surface area contributed by atoms with E-state index in [0.29, 0.717) is 16.2 Å². The molecule has 5 aromatic rings. The Balaban J connectivity index is 0.00000205. The van der Waals surface area contributed by atoms with Gasteiger partial charge in [0.05, 0.1) is 16.6 Å². The maximum atomic E-state index is 14.0. The van der Waals surface area contributed by atoms with Gasteiger partial charge in [0.2, 0.25) is 0 Å². The molecule has 0 saturated heterocycles. The second kappa shape index (κ2) is 12.5. The number of carbonyl (C=O) groups is 1. The van der Waals surface area contributed by atoms with E-state index in [9.17, 15) is 17.8 Å². The van der Waals surface area contributed by atoms with Crippen LogP contribution < -0.4 is 10.0 Å². The van der Waals surface area contributed by atoms with Crippen molar-refractivity contribution in [1.29, 1.82) is 0 Å². The first-order valence-corrected chi connectivity index (χ1v) is 13.3. The number of amides is 2. The second-order valence-electron chi connectivity index (χ2n) is 9.02. The maximum absolute atomic E-state index is 14.0. The van der Waals surface area contributed by atoms with Crippen LogP contribution in [-0.4, -0.2) is 25.7 Å². The molecule has 0 fully saturated rings. The Bertz CT molecular complexity index is 1690. The average Bonchev–Trinajstić information content (AvgIpc) is 2.92. The number of pyridine rings is 2. The van der Waals surface area contributed by atoms with E-state index < -0.39 is 34.7 Å². The van der Waals surface area contributed by atoms with Gasteiger partial charge >= 0.3 is 6.03 Å². The number of nitrogens with zero attached hydrogens (tertiary/aromatic N) is 2. The van der Waals surface area contributed by atoms with Crippen molar-refractivity contribution in [2.45, 2.75) is 24.3 Å². The lowest BCUT2D eigenvalue weighted by Gasteiger charge is -2.22. The molecule has 0 radical (unpaired) electrons. The van der Waals surface area contributed by atoms with Crippen molar-refractivity contribution in [3.8, 4) is 11.1 Å². The van der Waals surface area contributed by atoms with Crippen LogP contribution in [0.1, 0.15) is 25.7 Å². The largest absolute Gasteiger partial charge is 0.412 e. The van der Waals surface area contributed by atoms with Crippen molar-refractivity contribution in [3.05, 3.63) is 126 Å². The van der Waals surface area contributed by atoms with Gasteiger partial charge in [0.15, 0.2) is 11.0 Å². The molecular formula is C30H30F2N4O3S.